The summed E-state index contributed by atoms with van der Waals surface area (Å²) in [6.45, 7) is 4.30. The molecule has 0 aliphatic carbocycles. The van der Waals surface area contributed by atoms with Crippen LogP contribution in [0, 0.1) is 0 Å². The molecule has 0 spiro atoms. The molecule has 1 aromatic rings. The van der Waals surface area contributed by atoms with Crippen LogP contribution < -0.4 is 5.32 Å². The fourth-order valence-electron chi connectivity index (χ4n) is 1.82. The quantitative estimate of drug-likeness (QED) is 0.766. The first-order chi connectivity index (χ1) is 9.81. The maximum atomic E-state index is 11.2. The number of nitrogens with one attached hydrogen (secondary N) is 1. The summed E-state index contributed by atoms with van der Waals surface area (Å²) in [5.41, 5.74) is 0.901. The molecule has 0 aromatic heterocycles. The van der Waals surface area contributed by atoms with Gasteiger partial charge in [0.15, 0.2) is 0 Å². The van der Waals surface area contributed by atoms with Crippen molar-refractivity contribution in [1.82, 2.24) is 10.2 Å². The third-order valence-electron chi connectivity index (χ3n) is 3.06. The smallest absolute Gasteiger partial charge is 0.320 e. The SMILES string of the molecule is CC(=O)NCCN(Cc1cc(Cl)ccc1Br)C(C)C(=O)O. The van der Waals surface area contributed by atoms with E-state index in [4.69, 9.17) is 11.6 Å². The number of rotatable bonds is 7. The lowest BCUT2D eigenvalue weighted by Gasteiger charge is -2.26. The molecule has 7 heteroatoms. The second-order valence-corrected chi connectivity index (χ2v) is 5.99. The molecule has 0 heterocycles. The zero-order valence-electron chi connectivity index (χ0n) is 11.9. The summed E-state index contributed by atoms with van der Waals surface area (Å²) in [6, 6.07) is 4.72. The number of halogens is 2. The number of carboxylic acid groups (broad SMARTS) is 1. The Bertz CT molecular complexity index is 525. The van der Waals surface area contributed by atoms with Gasteiger partial charge in [0.05, 0.1) is 0 Å². The zero-order valence-corrected chi connectivity index (χ0v) is 14.2. The Morgan fingerprint density at radius 1 is 1.48 bits per heavy atom. The molecule has 1 amide bonds. The molecule has 0 saturated carbocycles. The Morgan fingerprint density at radius 3 is 2.71 bits per heavy atom. The Kier molecular flexibility index (Phi) is 7.14. The molecule has 1 rings (SSSR count). The average molecular weight is 378 g/mol. The number of benzene rings is 1. The van der Waals surface area contributed by atoms with E-state index in [0.717, 1.165) is 10.0 Å². The zero-order chi connectivity index (χ0) is 16.0. The van der Waals surface area contributed by atoms with Crippen molar-refractivity contribution in [3.05, 3.63) is 33.3 Å². The molecule has 2 N–H and O–H groups in total. The standard InChI is InChI=1S/C14H18BrClN2O3/c1-9(14(20)21)18(6-5-17-10(2)19)8-11-7-12(16)3-4-13(11)15/h3-4,7,9H,5-6,8H2,1-2H3,(H,17,19)(H,20,21). The molecular formula is C14H18BrClN2O3. The molecule has 5 nitrogen and oxygen atoms in total. The van der Waals surface area contributed by atoms with Gasteiger partial charge in [0, 0.05) is 36.1 Å². The van der Waals surface area contributed by atoms with Crippen molar-refractivity contribution in [2.75, 3.05) is 13.1 Å². The van der Waals surface area contributed by atoms with E-state index in [0.29, 0.717) is 24.7 Å². The summed E-state index contributed by atoms with van der Waals surface area (Å²) in [7, 11) is 0. The van der Waals surface area contributed by atoms with Crippen LogP contribution in [-0.2, 0) is 16.1 Å². The van der Waals surface area contributed by atoms with Crippen LogP contribution >= 0.6 is 27.5 Å². The Morgan fingerprint density at radius 2 is 2.14 bits per heavy atom. The van der Waals surface area contributed by atoms with E-state index >= 15 is 0 Å². The first-order valence-electron chi connectivity index (χ1n) is 6.46. The van der Waals surface area contributed by atoms with E-state index in [-0.39, 0.29) is 5.91 Å². The number of hydrogen-bond acceptors (Lipinski definition) is 3. The molecule has 116 valence electrons. The van der Waals surface area contributed by atoms with Crippen molar-refractivity contribution in [2.45, 2.75) is 26.4 Å². The maximum Gasteiger partial charge on any atom is 0.320 e. The minimum absolute atomic E-state index is 0.137. The Labute approximate surface area is 137 Å². The highest BCUT2D eigenvalue weighted by atomic mass is 79.9. The molecule has 21 heavy (non-hydrogen) atoms. The summed E-state index contributed by atoms with van der Waals surface area (Å²) in [5, 5.41) is 12.5. The van der Waals surface area contributed by atoms with Crippen molar-refractivity contribution in [1.29, 1.82) is 0 Å². The fourth-order valence-corrected chi connectivity index (χ4v) is 2.39. The van der Waals surface area contributed by atoms with Crippen LogP contribution in [0.5, 0.6) is 0 Å². The molecule has 0 aliphatic heterocycles. The highest BCUT2D eigenvalue weighted by Gasteiger charge is 2.21. The second-order valence-electron chi connectivity index (χ2n) is 4.70. The second kappa shape index (κ2) is 8.36. The lowest BCUT2D eigenvalue weighted by Crippen LogP contribution is -2.42. The third-order valence-corrected chi connectivity index (χ3v) is 4.07. The largest absolute Gasteiger partial charge is 0.480 e. The number of hydrogen-bond donors (Lipinski definition) is 2. The molecule has 1 aromatic carbocycles. The summed E-state index contributed by atoms with van der Waals surface area (Å²) >= 11 is 9.41. The summed E-state index contributed by atoms with van der Waals surface area (Å²) < 4.78 is 0.869. The first-order valence-corrected chi connectivity index (χ1v) is 7.63. The number of carbonyl (C=O) groups excluding carboxylic acids is 1. The molecular weight excluding hydrogens is 360 g/mol. The molecule has 1 unspecified atom stereocenters. The summed E-state index contributed by atoms with van der Waals surface area (Å²) in [6.07, 6.45) is 0. The highest BCUT2D eigenvalue weighted by molar-refractivity contribution is 9.10. The van der Waals surface area contributed by atoms with Crippen molar-refractivity contribution >= 4 is 39.4 Å². The van der Waals surface area contributed by atoms with Crippen molar-refractivity contribution in [3.8, 4) is 0 Å². The predicted molar refractivity (Wildman–Crippen MR) is 85.3 cm³/mol. The normalized spacial score (nSPS) is 12.2. The van der Waals surface area contributed by atoms with E-state index in [2.05, 4.69) is 21.2 Å². The van der Waals surface area contributed by atoms with Gasteiger partial charge >= 0.3 is 5.97 Å². The minimum atomic E-state index is -0.907. The Balaban J connectivity index is 2.82. The monoisotopic (exact) mass is 376 g/mol. The van der Waals surface area contributed by atoms with Crippen LogP contribution in [0.4, 0.5) is 0 Å². The van der Waals surface area contributed by atoms with Crippen LogP contribution in [0.2, 0.25) is 5.02 Å². The third kappa shape index (κ3) is 6.03. The molecule has 0 fully saturated rings. The summed E-state index contributed by atoms with van der Waals surface area (Å²) in [5.74, 6) is -1.04. The van der Waals surface area contributed by atoms with Gasteiger partial charge in [-0.25, -0.2) is 0 Å². The van der Waals surface area contributed by atoms with Crippen molar-refractivity contribution < 1.29 is 14.7 Å². The molecule has 0 aliphatic rings. The van der Waals surface area contributed by atoms with Crippen LogP contribution in [0.1, 0.15) is 19.4 Å². The molecule has 1 atom stereocenters. The van der Waals surface area contributed by atoms with Gasteiger partial charge in [0.2, 0.25) is 5.91 Å². The van der Waals surface area contributed by atoms with E-state index in [1.165, 1.54) is 6.92 Å². The van der Waals surface area contributed by atoms with E-state index in [1.54, 1.807) is 24.0 Å². The highest BCUT2D eigenvalue weighted by Crippen LogP contribution is 2.23. The minimum Gasteiger partial charge on any atom is -0.480 e. The van der Waals surface area contributed by atoms with Gasteiger partial charge in [0.1, 0.15) is 6.04 Å². The van der Waals surface area contributed by atoms with Crippen molar-refractivity contribution in [2.24, 2.45) is 0 Å². The van der Waals surface area contributed by atoms with Crippen LogP contribution in [0.3, 0.4) is 0 Å². The first kappa shape index (κ1) is 17.9. The summed E-state index contributed by atoms with van der Waals surface area (Å²) in [4.78, 5) is 23.9. The fraction of sp³-hybridized carbons (Fsp3) is 0.429. The molecule has 0 bridgehead atoms. The van der Waals surface area contributed by atoms with Gasteiger partial charge in [-0.15, -0.1) is 0 Å². The van der Waals surface area contributed by atoms with Crippen LogP contribution in [0.25, 0.3) is 0 Å². The lowest BCUT2D eigenvalue weighted by atomic mass is 10.2. The van der Waals surface area contributed by atoms with Crippen LogP contribution in [0.15, 0.2) is 22.7 Å². The van der Waals surface area contributed by atoms with E-state index in [1.807, 2.05) is 6.07 Å². The lowest BCUT2D eigenvalue weighted by molar-refractivity contribution is -0.142. The van der Waals surface area contributed by atoms with E-state index in [9.17, 15) is 14.7 Å². The number of carbonyl (C=O) groups is 2. The number of nitrogens with zero attached hydrogens (tertiary/aromatic N) is 1. The van der Waals surface area contributed by atoms with Gasteiger partial charge in [0.25, 0.3) is 0 Å². The Hall–Kier alpha value is -1.11. The number of aliphatic carboxylic acids is 1. The number of carboxylic acids is 1. The van der Waals surface area contributed by atoms with Gasteiger partial charge in [-0.05, 0) is 30.7 Å². The van der Waals surface area contributed by atoms with Crippen molar-refractivity contribution in [3.63, 3.8) is 0 Å². The maximum absolute atomic E-state index is 11.2. The van der Waals surface area contributed by atoms with Gasteiger partial charge in [-0.1, -0.05) is 27.5 Å². The molecule has 0 saturated heterocycles. The number of amides is 1. The van der Waals surface area contributed by atoms with Gasteiger partial charge < -0.3 is 10.4 Å². The topological polar surface area (TPSA) is 69.6 Å². The molecule has 0 radical (unpaired) electrons. The predicted octanol–water partition coefficient (Wildman–Crippen LogP) is 2.51. The van der Waals surface area contributed by atoms with Gasteiger partial charge in [-0.2, -0.15) is 0 Å². The van der Waals surface area contributed by atoms with Crippen LogP contribution in [-0.4, -0.2) is 41.0 Å². The van der Waals surface area contributed by atoms with Gasteiger partial charge in [-0.3, -0.25) is 14.5 Å². The van der Waals surface area contributed by atoms with E-state index < -0.39 is 12.0 Å². The average Bonchev–Trinajstić information content (AvgIpc) is 2.40.